The minimum absolute atomic E-state index is 0.0793. The van der Waals surface area contributed by atoms with Crippen LogP contribution in [0.15, 0.2) is 71.8 Å². The van der Waals surface area contributed by atoms with Crippen molar-refractivity contribution in [2.24, 2.45) is 5.10 Å². The van der Waals surface area contributed by atoms with E-state index >= 15 is 0 Å². The van der Waals surface area contributed by atoms with Crippen LogP contribution in [-0.4, -0.2) is 17.2 Å². The maximum atomic E-state index is 12.1. The molecule has 0 atom stereocenters. The number of hydrogen-bond acceptors (Lipinski definition) is 4. The maximum Gasteiger partial charge on any atom is 0.271 e. The Bertz CT molecular complexity index is 1050. The van der Waals surface area contributed by atoms with Gasteiger partial charge in [-0.15, -0.1) is 0 Å². The average Bonchev–Trinajstić information content (AvgIpc) is 2.74. The lowest BCUT2D eigenvalue weighted by molar-refractivity contribution is 0.0955. The van der Waals surface area contributed by atoms with Crippen molar-refractivity contribution in [3.63, 3.8) is 0 Å². The van der Waals surface area contributed by atoms with E-state index in [9.17, 15) is 9.90 Å². The first-order chi connectivity index (χ1) is 14.4. The van der Waals surface area contributed by atoms with Gasteiger partial charge in [0.1, 0.15) is 18.1 Å². The summed E-state index contributed by atoms with van der Waals surface area (Å²) < 4.78 is 5.87. The SMILES string of the molecule is CC(C)c1ccc(COc2cccc(C=NNC(=O)c3ccc(O)c(Cl)c3)c2)cc1. The maximum absolute atomic E-state index is 12.1. The summed E-state index contributed by atoms with van der Waals surface area (Å²) >= 11 is 5.82. The zero-order valence-corrected chi connectivity index (χ0v) is 17.6. The van der Waals surface area contributed by atoms with E-state index < -0.39 is 5.91 Å². The van der Waals surface area contributed by atoms with E-state index in [1.54, 1.807) is 0 Å². The second-order valence-electron chi connectivity index (χ2n) is 7.12. The molecule has 0 unspecified atom stereocenters. The number of benzene rings is 3. The van der Waals surface area contributed by atoms with Crippen molar-refractivity contribution in [2.45, 2.75) is 26.4 Å². The van der Waals surface area contributed by atoms with Gasteiger partial charge in [0.2, 0.25) is 0 Å². The van der Waals surface area contributed by atoms with Gasteiger partial charge in [0.15, 0.2) is 0 Å². The van der Waals surface area contributed by atoms with Gasteiger partial charge < -0.3 is 9.84 Å². The summed E-state index contributed by atoms with van der Waals surface area (Å²) in [6.07, 6.45) is 1.53. The predicted molar refractivity (Wildman–Crippen MR) is 119 cm³/mol. The van der Waals surface area contributed by atoms with Gasteiger partial charge in [0.05, 0.1) is 11.2 Å². The Morgan fingerprint density at radius 1 is 1.13 bits per heavy atom. The molecule has 0 aliphatic rings. The first-order valence-corrected chi connectivity index (χ1v) is 9.94. The van der Waals surface area contributed by atoms with Gasteiger partial charge in [-0.1, -0.05) is 61.8 Å². The summed E-state index contributed by atoms with van der Waals surface area (Å²) in [6.45, 7) is 4.80. The second-order valence-corrected chi connectivity index (χ2v) is 7.53. The number of carbonyl (C=O) groups excluding carboxylic acids is 1. The van der Waals surface area contributed by atoms with Crippen LogP contribution >= 0.6 is 11.6 Å². The van der Waals surface area contributed by atoms with Gasteiger partial charge in [-0.05, 0) is 52.9 Å². The van der Waals surface area contributed by atoms with Gasteiger partial charge in [-0.25, -0.2) is 5.43 Å². The average molecular weight is 423 g/mol. The third kappa shape index (κ3) is 5.84. The molecule has 0 aromatic heterocycles. The third-order valence-electron chi connectivity index (χ3n) is 4.50. The number of ether oxygens (including phenoxy) is 1. The van der Waals surface area contributed by atoms with Crippen LogP contribution in [0.1, 0.15) is 46.8 Å². The van der Waals surface area contributed by atoms with Crippen molar-refractivity contribution in [1.82, 2.24) is 5.43 Å². The van der Waals surface area contributed by atoms with Crippen LogP contribution in [0.5, 0.6) is 11.5 Å². The fourth-order valence-corrected chi connectivity index (χ4v) is 2.91. The highest BCUT2D eigenvalue weighted by Gasteiger charge is 2.07. The molecular formula is C24H23ClN2O3. The van der Waals surface area contributed by atoms with E-state index in [0.717, 1.165) is 11.1 Å². The Labute approximate surface area is 181 Å². The number of hydrazone groups is 1. The molecule has 0 saturated carbocycles. The zero-order valence-electron chi connectivity index (χ0n) is 16.8. The molecule has 5 nitrogen and oxygen atoms in total. The highest BCUT2D eigenvalue weighted by Crippen LogP contribution is 2.23. The van der Waals surface area contributed by atoms with E-state index in [-0.39, 0.29) is 10.8 Å². The Kier molecular flexibility index (Phi) is 7.09. The van der Waals surface area contributed by atoms with Crippen molar-refractivity contribution in [1.29, 1.82) is 0 Å². The van der Waals surface area contributed by atoms with Crippen LogP contribution in [-0.2, 0) is 6.61 Å². The van der Waals surface area contributed by atoms with Gasteiger partial charge >= 0.3 is 0 Å². The summed E-state index contributed by atoms with van der Waals surface area (Å²) in [5.41, 5.74) is 5.92. The minimum atomic E-state index is -0.426. The molecule has 6 heteroatoms. The molecule has 3 rings (SSSR count). The van der Waals surface area contributed by atoms with Crippen LogP contribution in [0.4, 0.5) is 0 Å². The fraction of sp³-hybridized carbons (Fsp3) is 0.167. The van der Waals surface area contributed by atoms with Crippen LogP contribution in [0.2, 0.25) is 5.02 Å². The molecule has 0 spiro atoms. The highest BCUT2D eigenvalue weighted by atomic mass is 35.5. The summed E-state index contributed by atoms with van der Waals surface area (Å²) in [4.78, 5) is 12.1. The van der Waals surface area contributed by atoms with E-state index in [1.165, 1.54) is 30.0 Å². The quantitative estimate of drug-likeness (QED) is 0.389. The fourth-order valence-electron chi connectivity index (χ4n) is 2.73. The van der Waals surface area contributed by atoms with Crippen LogP contribution < -0.4 is 10.2 Å². The molecule has 0 heterocycles. The molecule has 3 aromatic carbocycles. The molecule has 30 heavy (non-hydrogen) atoms. The number of nitrogens with one attached hydrogen (secondary N) is 1. The highest BCUT2D eigenvalue weighted by molar-refractivity contribution is 6.32. The number of rotatable bonds is 7. The number of amides is 1. The molecule has 0 saturated heterocycles. The topological polar surface area (TPSA) is 70.9 Å². The Morgan fingerprint density at radius 3 is 2.60 bits per heavy atom. The Hall–Kier alpha value is -3.31. The summed E-state index contributed by atoms with van der Waals surface area (Å²) in [5, 5.41) is 13.5. The zero-order chi connectivity index (χ0) is 21.5. The monoisotopic (exact) mass is 422 g/mol. The normalized spacial score (nSPS) is 11.1. The lowest BCUT2D eigenvalue weighted by Gasteiger charge is -2.09. The summed E-state index contributed by atoms with van der Waals surface area (Å²) in [7, 11) is 0. The van der Waals surface area contributed by atoms with Crippen LogP contribution in [0.3, 0.4) is 0 Å². The van der Waals surface area contributed by atoms with E-state index in [0.29, 0.717) is 23.8 Å². The largest absolute Gasteiger partial charge is 0.506 e. The van der Waals surface area contributed by atoms with Crippen molar-refractivity contribution < 1.29 is 14.6 Å². The predicted octanol–water partition coefficient (Wildman–Crippen LogP) is 5.51. The van der Waals surface area contributed by atoms with Crippen molar-refractivity contribution in [3.05, 3.63) is 94.0 Å². The van der Waals surface area contributed by atoms with Gasteiger partial charge in [-0.3, -0.25) is 4.79 Å². The van der Waals surface area contributed by atoms with Crippen molar-refractivity contribution in [2.75, 3.05) is 0 Å². The number of phenolic OH excluding ortho intramolecular Hbond substituents is 1. The molecule has 0 aliphatic carbocycles. The van der Waals surface area contributed by atoms with Gasteiger partial charge in [-0.2, -0.15) is 5.10 Å². The number of carbonyl (C=O) groups is 1. The van der Waals surface area contributed by atoms with Crippen molar-refractivity contribution in [3.8, 4) is 11.5 Å². The smallest absolute Gasteiger partial charge is 0.271 e. The molecular weight excluding hydrogens is 400 g/mol. The van der Waals surface area contributed by atoms with E-state index in [4.69, 9.17) is 16.3 Å². The Morgan fingerprint density at radius 2 is 1.90 bits per heavy atom. The van der Waals surface area contributed by atoms with E-state index in [2.05, 4.69) is 48.6 Å². The number of halogens is 1. The van der Waals surface area contributed by atoms with Crippen molar-refractivity contribution >= 4 is 23.7 Å². The lowest BCUT2D eigenvalue weighted by Crippen LogP contribution is -2.17. The lowest BCUT2D eigenvalue weighted by atomic mass is 10.0. The molecule has 1 amide bonds. The third-order valence-corrected chi connectivity index (χ3v) is 4.80. The molecule has 0 fully saturated rings. The number of phenols is 1. The standard InChI is InChI=1S/C24H23ClN2O3/c1-16(2)19-8-6-17(7-9-19)15-30-21-5-3-4-18(12-21)14-26-27-24(29)20-10-11-23(28)22(25)13-20/h3-14,16,28H,15H2,1-2H3,(H,27,29). The summed E-state index contributed by atoms with van der Waals surface area (Å²) in [5.74, 6) is 0.709. The molecule has 0 bridgehead atoms. The second kappa shape index (κ2) is 9.94. The van der Waals surface area contributed by atoms with Crippen LogP contribution in [0, 0.1) is 0 Å². The minimum Gasteiger partial charge on any atom is -0.506 e. The van der Waals surface area contributed by atoms with Gasteiger partial charge in [0, 0.05) is 5.56 Å². The Balaban J connectivity index is 1.56. The number of aromatic hydroxyl groups is 1. The van der Waals surface area contributed by atoms with Crippen LogP contribution in [0.25, 0.3) is 0 Å². The number of nitrogens with zero attached hydrogens (tertiary/aromatic N) is 1. The molecule has 2 N–H and O–H groups in total. The molecule has 154 valence electrons. The van der Waals surface area contributed by atoms with E-state index in [1.807, 2.05) is 24.3 Å². The first kappa shape index (κ1) is 21.4. The molecule has 0 radical (unpaired) electrons. The molecule has 0 aliphatic heterocycles. The molecule has 3 aromatic rings. The van der Waals surface area contributed by atoms with Gasteiger partial charge in [0.25, 0.3) is 5.91 Å². The summed E-state index contributed by atoms with van der Waals surface area (Å²) in [6, 6.07) is 20.0. The number of hydrogen-bond donors (Lipinski definition) is 2. The first-order valence-electron chi connectivity index (χ1n) is 9.56.